The summed E-state index contributed by atoms with van der Waals surface area (Å²) in [7, 11) is 0. The molecule has 0 radical (unpaired) electrons. The largest absolute Gasteiger partial charge is 0.479 e. The Labute approximate surface area is 468 Å². The number of amides is 8. The van der Waals surface area contributed by atoms with Crippen LogP contribution >= 0.6 is 0 Å². The average Bonchev–Trinajstić information content (AvgIpc) is 4.22. The van der Waals surface area contributed by atoms with Crippen LogP contribution in [0.15, 0.2) is 4.99 Å². The van der Waals surface area contributed by atoms with Crippen molar-refractivity contribution < 1.29 is 93.2 Å². The van der Waals surface area contributed by atoms with E-state index in [0.29, 0.717) is 23.7 Å². The first-order chi connectivity index (χ1) is 38.3. The highest BCUT2D eigenvalue weighted by Gasteiger charge is 2.48. The fraction of sp³-hybridized carbons (Fsp3) is 0.765. The molecule has 0 aromatic heterocycles. The molecule has 8 amide bonds. The Balaban J connectivity index is 1.77. The molecule has 0 saturated carbocycles. The summed E-state index contributed by atoms with van der Waals surface area (Å²) in [6.07, 6.45) is -4.32. The number of aliphatic carboxylic acids is 2. The second-order valence-electron chi connectivity index (χ2n) is 21.5. The number of aliphatic hydroxyl groups excluding tert-OH is 5. The van der Waals surface area contributed by atoms with Gasteiger partial charge in [0.25, 0.3) is 0 Å². The second-order valence-corrected chi connectivity index (χ2v) is 21.5. The number of hydrogen-bond donors (Lipinski definition) is 14. The number of fused-ring (bicyclic) bond motifs is 3. The van der Waals surface area contributed by atoms with Crippen molar-refractivity contribution in [1.82, 2.24) is 41.3 Å². The zero-order valence-corrected chi connectivity index (χ0v) is 46.1. The number of carbonyl (C=O) groups is 11. The highest BCUT2D eigenvalue weighted by molar-refractivity contribution is 6.00. The molecule has 16 N–H and O–H groups in total. The minimum absolute atomic E-state index is 0.00867. The topological polar surface area (TPSA) is 473 Å². The van der Waals surface area contributed by atoms with Gasteiger partial charge in [0.05, 0.1) is 25.2 Å². The highest BCUT2D eigenvalue weighted by atomic mass is 16.5. The fourth-order valence-corrected chi connectivity index (χ4v) is 10.4. The van der Waals surface area contributed by atoms with Crippen molar-refractivity contribution in [3.63, 3.8) is 0 Å². The Morgan fingerprint density at radius 1 is 0.617 bits per heavy atom. The summed E-state index contributed by atoms with van der Waals surface area (Å²) in [5, 5.41) is 84.8. The quantitative estimate of drug-likeness (QED) is 0.0235. The molecular formula is C51H83N11O19. The van der Waals surface area contributed by atoms with Gasteiger partial charge in [-0.25, -0.2) is 14.4 Å². The summed E-state index contributed by atoms with van der Waals surface area (Å²) < 4.78 is 5.66. The van der Waals surface area contributed by atoms with Crippen LogP contribution in [0.1, 0.15) is 130 Å². The van der Waals surface area contributed by atoms with Crippen LogP contribution in [0.25, 0.3) is 0 Å². The summed E-state index contributed by atoms with van der Waals surface area (Å²) >= 11 is 0. The van der Waals surface area contributed by atoms with Crippen LogP contribution in [0.3, 0.4) is 0 Å². The first-order valence-electron chi connectivity index (χ1n) is 27.8. The van der Waals surface area contributed by atoms with Gasteiger partial charge in [-0.1, -0.05) is 58.8 Å². The van der Waals surface area contributed by atoms with Gasteiger partial charge < -0.3 is 93.2 Å². The molecule has 0 unspecified atom stereocenters. The van der Waals surface area contributed by atoms with Gasteiger partial charge in [-0.3, -0.25) is 43.3 Å². The Morgan fingerprint density at radius 3 is 1.78 bits per heavy atom. The Kier molecular flexibility index (Phi) is 26.4. The number of aliphatic hydroxyl groups is 5. The molecule has 4 heterocycles. The number of nitrogens with one attached hydrogen (secondary N) is 5. The summed E-state index contributed by atoms with van der Waals surface area (Å²) in [5.74, 6) is -14.5. The Hall–Kier alpha value is -6.76. The number of guanidine groups is 1. The van der Waals surface area contributed by atoms with Crippen LogP contribution in [-0.2, 0) is 57.5 Å². The number of carboxylic acid groups (broad SMARTS) is 2. The normalized spacial score (nSPS) is 28.2. The molecule has 4 aliphatic rings. The second kappa shape index (κ2) is 32.0. The predicted molar refractivity (Wildman–Crippen MR) is 282 cm³/mol. The lowest BCUT2D eigenvalue weighted by atomic mass is 10.0. The molecule has 0 aromatic rings. The standard InChI is InChI=1S/C51H83N11O19/c1-26(2)14-9-7-5-4-6-8-10-15-28-24-34(66)57-35(27(3)64)47(75)61-22-13-18-32(61)46(74)60-21-12-17-31(60)42(70)55-29(16-11-20-54-51(52)53)41(69)58-36(39(67)48(76)77)43(71)56-30(25-63)45(73)62-23-19-33(65)38(62)44(72)59-37(50(80)81-28)40(68)49(78)79/h26-33,35-40,63-65,67-68H,4-25H2,1-3H3,(H,55,70)(H,56,71)(H,57,66)(H,58,69)(H,59,72)(H,76,77)(H,78,79)(H4,52,53,54)/t27-,28+,29+,30-,31-,32+,33+,35+,36-,37+,38-,39+,40+/m1/s1. The van der Waals surface area contributed by atoms with E-state index in [0.717, 1.165) is 43.4 Å². The van der Waals surface area contributed by atoms with Crippen LogP contribution < -0.4 is 38.1 Å². The SMILES string of the molecule is CC(C)CCCCCCCCC[C@H]1CC(=O)N[C@@H]([C@@H](C)O)C(=O)N2CCC[C@H]2C(=O)N2CCC[C@@H]2C(=O)N[C@@H](CCCN=C(N)N)C(=O)N[C@H]([C@H](O)C(=O)O)C(=O)N[C@H](CO)C(=O)N2CC[C@H](O)[C@@H]2C(=O)N[C@@H]([C@H](O)C(=O)O)C(=O)O1. The van der Waals surface area contributed by atoms with Crippen molar-refractivity contribution in [2.24, 2.45) is 22.4 Å². The molecule has 13 atom stereocenters. The number of esters is 1. The van der Waals surface area contributed by atoms with E-state index in [1.165, 1.54) is 11.8 Å². The minimum Gasteiger partial charge on any atom is -0.479 e. The highest BCUT2D eigenvalue weighted by Crippen LogP contribution is 2.27. The van der Waals surface area contributed by atoms with Crippen molar-refractivity contribution in [2.75, 3.05) is 32.8 Å². The van der Waals surface area contributed by atoms with Gasteiger partial charge >= 0.3 is 17.9 Å². The number of ether oxygens (including phenoxy) is 1. The van der Waals surface area contributed by atoms with Gasteiger partial charge in [0.2, 0.25) is 47.3 Å². The Bertz CT molecular complexity index is 2270. The van der Waals surface area contributed by atoms with Crippen molar-refractivity contribution >= 4 is 71.1 Å². The molecule has 4 fully saturated rings. The van der Waals surface area contributed by atoms with Crippen LogP contribution in [0.4, 0.5) is 0 Å². The third-order valence-electron chi connectivity index (χ3n) is 14.8. The van der Waals surface area contributed by atoms with E-state index >= 15 is 0 Å². The van der Waals surface area contributed by atoms with Crippen LogP contribution in [0.2, 0.25) is 0 Å². The summed E-state index contributed by atoms with van der Waals surface area (Å²) in [6.45, 7) is 3.59. The number of carboxylic acids is 2. The van der Waals surface area contributed by atoms with E-state index in [-0.39, 0.29) is 77.0 Å². The van der Waals surface area contributed by atoms with Gasteiger partial charge in [-0.2, -0.15) is 0 Å². The fourth-order valence-electron chi connectivity index (χ4n) is 10.4. The number of nitrogens with two attached hydrogens (primary N) is 2. The maximum atomic E-state index is 14.5. The van der Waals surface area contributed by atoms with E-state index in [9.17, 15) is 88.5 Å². The molecule has 0 bridgehead atoms. The summed E-state index contributed by atoms with van der Waals surface area (Å²) in [5.41, 5.74) is 10.9. The molecule has 4 saturated heterocycles. The van der Waals surface area contributed by atoms with Gasteiger partial charge in [0.1, 0.15) is 48.4 Å². The van der Waals surface area contributed by atoms with Crippen LogP contribution in [0, 0.1) is 5.92 Å². The maximum Gasteiger partial charge on any atom is 0.335 e. The number of aliphatic imine (C=N–C) groups is 1. The van der Waals surface area contributed by atoms with Gasteiger partial charge in [-0.05, 0) is 70.6 Å². The van der Waals surface area contributed by atoms with Gasteiger partial charge in [0.15, 0.2) is 24.2 Å². The minimum atomic E-state index is -2.76. The molecular weight excluding hydrogens is 1070 g/mol. The third kappa shape index (κ3) is 19.2. The molecule has 0 aromatic carbocycles. The van der Waals surface area contributed by atoms with Crippen molar-refractivity contribution in [3.05, 3.63) is 0 Å². The number of nitrogens with zero attached hydrogens (tertiary/aromatic N) is 4. The smallest absolute Gasteiger partial charge is 0.335 e. The molecule has 4 aliphatic heterocycles. The molecule has 0 spiro atoms. The van der Waals surface area contributed by atoms with E-state index < -0.39 is 164 Å². The molecule has 0 aliphatic carbocycles. The first kappa shape index (κ1) is 66.7. The summed E-state index contributed by atoms with van der Waals surface area (Å²) in [6, 6.07) is -14.9. The molecule has 81 heavy (non-hydrogen) atoms. The van der Waals surface area contributed by atoms with E-state index in [1.54, 1.807) is 0 Å². The zero-order valence-electron chi connectivity index (χ0n) is 46.1. The number of hydrogen-bond acceptors (Lipinski definition) is 18. The Morgan fingerprint density at radius 2 is 1.19 bits per heavy atom. The number of cyclic esters (lactones) is 1. The number of unbranched alkanes of at least 4 members (excludes halogenated alkanes) is 6. The predicted octanol–water partition coefficient (Wildman–Crippen LogP) is -4.85. The van der Waals surface area contributed by atoms with Crippen molar-refractivity contribution in [2.45, 2.75) is 209 Å². The van der Waals surface area contributed by atoms with Gasteiger partial charge in [-0.15, -0.1) is 0 Å². The van der Waals surface area contributed by atoms with Crippen molar-refractivity contribution in [1.29, 1.82) is 0 Å². The molecule has 30 heteroatoms. The van der Waals surface area contributed by atoms with E-state index in [1.807, 2.05) is 10.6 Å². The number of carbonyl (C=O) groups excluding carboxylic acids is 9. The molecule has 4 rings (SSSR count). The average molecular weight is 1150 g/mol. The van der Waals surface area contributed by atoms with Crippen molar-refractivity contribution in [3.8, 4) is 0 Å². The zero-order chi connectivity index (χ0) is 60.2. The lowest BCUT2D eigenvalue weighted by Gasteiger charge is -2.34. The summed E-state index contributed by atoms with van der Waals surface area (Å²) in [4.78, 5) is 158. The molecule has 456 valence electrons. The van der Waals surface area contributed by atoms with Gasteiger partial charge in [0, 0.05) is 26.2 Å². The van der Waals surface area contributed by atoms with E-state index in [2.05, 4.69) is 34.8 Å². The van der Waals surface area contributed by atoms with Crippen LogP contribution in [0.5, 0.6) is 0 Å². The monoisotopic (exact) mass is 1150 g/mol. The van der Waals surface area contributed by atoms with E-state index in [4.69, 9.17) is 16.2 Å². The first-order valence-corrected chi connectivity index (χ1v) is 27.8. The lowest BCUT2D eigenvalue weighted by Crippen LogP contribution is -2.64. The van der Waals surface area contributed by atoms with Crippen LogP contribution in [-0.4, -0.2) is 233 Å². The maximum absolute atomic E-state index is 14.5. The third-order valence-corrected chi connectivity index (χ3v) is 14.8. The molecule has 30 nitrogen and oxygen atoms in total. The number of rotatable bonds is 20. The lowest BCUT2D eigenvalue weighted by molar-refractivity contribution is -0.165.